The summed E-state index contributed by atoms with van der Waals surface area (Å²) in [6.45, 7) is 2.53. The normalized spacial score (nSPS) is 17.1. The van der Waals surface area contributed by atoms with Crippen LogP contribution in [-0.4, -0.2) is 11.5 Å². The second kappa shape index (κ2) is 4.51. The topological polar surface area (TPSA) is 55.2 Å². The van der Waals surface area contributed by atoms with Crippen molar-refractivity contribution in [3.05, 3.63) is 33.9 Å². The standard InChI is InChI=1S/C12H14F2N2O2/c1-12(3-2-4-12)7-15-10-6-8(13)5-9(14)11(10)16(17)18/h5-6,15H,2-4,7H2,1H3. The van der Waals surface area contributed by atoms with Crippen LogP contribution in [0.3, 0.4) is 0 Å². The van der Waals surface area contributed by atoms with Crippen molar-refractivity contribution in [3.8, 4) is 0 Å². The predicted octanol–water partition coefficient (Wildman–Crippen LogP) is 3.48. The minimum atomic E-state index is -1.15. The summed E-state index contributed by atoms with van der Waals surface area (Å²) in [5, 5.41) is 13.6. The van der Waals surface area contributed by atoms with Crippen molar-refractivity contribution >= 4 is 11.4 Å². The number of rotatable bonds is 4. The van der Waals surface area contributed by atoms with Gasteiger partial charge in [0, 0.05) is 18.7 Å². The summed E-state index contributed by atoms with van der Waals surface area (Å²) in [6, 6.07) is 1.48. The molecule has 1 N–H and O–H groups in total. The minimum Gasteiger partial charge on any atom is -0.379 e. The fraction of sp³-hybridized carbons (Fsp3) is 0.500. The average Bonchev–Trinajstić information content (AvgIpc) is 2.22. The minimum absolute atomic E-state index is 0.0661. The highest BCUT2D eigenvalue weighted by Gasteiger charge is 2.32. The van der Waals surface area contributed by atoms with Crippen LogP contribution < -0.4 is 5.32 Å². The summed E-state index contributed by atoms with van der Waals surface area (Å²) in [6.07, 6.45) is 3.16. The van der Waals surface area contributed by atoms with Gasteiger partial charge in [0.05, 0.1) is 4.92 Å². The van der Waals surface area contributed by atoms with E-state index in [4.69, 9.17) is 0 Å². The molecule has 1 aromatic carbocycles. The third-order valence-corrected chi connectivity index (χ3v) is 3.48. The maximum absolute atomic E-state index is 13.4. The van der Waals surface area contributed by atoms with Crippen LogP contribution in [0.15, 0.2) is 12.1 Å². The quantitative estimate of drug-likeness (QED) is 0.662. The molecule has 1 saturated carbocycles. The molecule has 98 valence electrons. The van der Waals surface area contributed by atoms with Crippen LogP contribution >= 0.6 is 0 Å². The Morgan fingerprint density at radius 1 is 1.44 bits per heavy atom. The third-order valence-electron chi connectivity index (χ3n) is 3.48. The van der Waals surface area contributed by atoms with Gasteiger partial charge in [-0.05, 0) is 18.3 Å². The van der Waals surface area contributed by atoms with Crippen LogP contribution in [0.4, 0.5) is 20.2 Å². The maximum atomic E-state index is 13.4. The Morgan fingerprint density at radius 2 is 2.11 bits per heavy atom. The van der Waals surface area contributed by atoms with Gasteiger partial charge >= 0.3 is 5.69 Å². The summed E-state index contributed by atoms with van der Waals surface area (Å²) in [5.41, 5.74) is -0.721. The van der Waals surface area contributed by atoms with Gasteiger partial charge in [-0.15, -0.1) is 0 Å². The Balaban J connectivity index is 2.22. The fourth-order valence-corrected chi connectivity index (χ4v) is 2.15. The Labute approximate surface area is 103 Å². The largest absolute Gasteiger partial charge is 0.379 e. The molecule has 1 aliphatic rings. The van der Waals surface area contributed by atoms with Gasteiger partial charge in [0.1, 0.15) is 11.5 Å². The lowest BCUT2D eigenvalue weighted by molar-refractivity contribution is -0.386. The predicted molar refractivity (Wildman–Crippen MR) is 63.5 cm³/mol. The second-order valence-corrected chi connectivity index (χ2v) is 5.06. The van der Waals surface area contributed by atoms with E-state index in [0.717, 1.165) is 25.3 Å². The van der Waals surface area contributed by atoms with Gasteiger partial charge in [-0.25, -0.2) is 4.39 Å². The summed E-state index contributed by atoms with van der Waals surface area (Å²) in [5.74, 6) is -1.97. The zero-order chi connectivity index (χ0) is 13.3. The highest BCUT2D eigenvalue weighted by molar-refractivity contribution is 5.62. The molecule has 0 amide bonds. The van der Waals surface area contributed by atoms with Gasteiger partial charge in [-0.1, -0.05) is 13.3 Å². The summed E-state index contributed by atoms with van der Waals surface area (Å²) in [7, 11) is 0. The van der Waals surface area contributed by atoms with Crippen molar-refractivity contribution < 1.29 is 13.7 Å². The first-order valence-corrected chi connectivity index (χ1v) is 5.79. The number of anilines is 1. The number of nitrogens with zero attached hydrogens (tertiary/aromatic N) is 1. The Hall–Kier alpha value is -1.72. The van der Waals surface area contributed by atoms with Gasteiger partial charge in [0.2, 0.25) is 5.82 Å². The van der Waals surface area contributed by atoms with Crippen molar-refractivity contribution in [2.45, 2.75) is 26.2 Å². The van der Waals surface area contributed by atoms with Crippen LogP contribution in [-0.2, 0) is 0 Å². The van der Waals surface area contributed by atoms with Crippen LogP contribution in [0.25, 0.3) is 0 Å². The van der Waals surface area contributed by atoms with E-state index in [-0.39, 0.29) is 11.1 Å². The lowest BCUT2D eigenvalue weighted by Gasteiger charge is -2.38. The smallest absolute Gasteiger partial charge is 0.327 e. The van der Waals surface area contributed by atoms with Gasteiger partial charge in [0.15, 0.2) is 0 Å². The zero-order valence-corrected chi connectivity index (χ0v) is 10.0. The molecule has 0 aliphatic heterocycles. The van der Waals surface area contributed by atoms with E-state index >= 15 is 0 Å². The first-order valence-electron chi connectivity index (χ1n) is 5.79. The molecule has 0 radical (unpaired) electrons. The SMILES string of the molecule is CC1(CNc2cc(F)cc(F)c2[N+](=O)[O-])CCC1. The molecule has 0 unspecified atom stereocenters. The second-order valence-electron chi connectivity index (χ2n) is 5.06. The van der Waals surface area contributed by atoms with Gasteiger partial charge < -0.3 is 5.32 Å². The Bertz CT molecular complexity index is 487. The number of benzene rings is 1. The summed E-state index contributed by atoms with van der Waals surface area (Å²) >= 11 is 0. The van der Waals surface area contributed by atoms with E-state index < -0.39 is 22.2 Å². The van der Waals surface area contributed by atoms with Crippen molar-refractivity contribution in [2.24, 2.45) is 5.41 Å². The molecule has 0 bridgehead atoms. The summed E-state index contributed by atoms with van der Waals surface area (Å²) < 4.78 is 26.4. The molecule has 1 aromatic rings. The summed E-state index contributed by atoms with van der Waals surface area (Å²) in [4.78, 5) is 9.93. The number of hydrogen-bond acceptors (Lipinski definition) is 3. The van der Waals surface area contributed by atoms with E-state index in [1.54, 1.807) is 0 Å². The van der Waals surface area contributed by atoms with Crippen LogP contribution in [0.1, 0.15) is 26.2 Å². The highest BCUT2D eigenvalue weighted by atomic mass is 19.1. The number of nitrogens with one attached hydrogen (secondary N) is 1. The van der Waals surface area contributed by atoms with Crippen LogP contribution in [0.2, 0.25) is 0 Å². The van der Waals surface area contributed by atoms with E-state index in [9.17, 15) is 18.9 Å². The van der Waals surface area contributed by atoms with E-state index in [1.807, 2.05) is 6.92 Å². The lowest BCUT2D eigenvalue weighted by Crippen LogP contribution is -2.33. The average molecular weight is 256 g/mol. The highest BCUT2D eigenvalue weighted by Crippen LogP contribution is 2.41. The Kier molecular flexibility index (Phi) is 3.19. The molecule has 1 aliphatic carbocycles. The van der Waals surface area contributed by atoms with E-state index in [1.165, 1.54) is 0 Å². The molecule has 0 heterocycles. The van der Waals surface area contributed by atoms with Crippen molar-refractivity contribution in [3.63, 3.8) is 0 Å². The molecule has 0 aromatic heterocycles. The molecular formula is C12H14F2N2O2. The van der Waals surface area contributed by atoms with Crippen molar-refractivity contribution in [1.29, 1.82) is 0 Å². The maximum Gasteiger partial charge on any atom is 0.327 e. The number of halogens is 2. The molecule has 0 saturated heterocycles. The van der Waals surface area contributed by atoms with Gasteiger partial charge in [-0.3, -0.25) is 10.1 Å². The Morgan fingerprint density at radius 3 is 2.61 bits per heavy atom. The monoisotopic (exact) mass is 256 g/mol. The van der Waals surface area contributed by atoms with Gasteiger partial charge in [0.25, 0.3) is 0 Å². The van der Waals surface area contributed by atoms with E-state index in [2.05, 4.69) is 5.32 Å². The molecule has 0 atom stereocenters. The molecule has 2 rings (SSSR count). The molecule has 0 spiro atoms. The zero-order valence-electron chi connectivity index (χ0n) is 10.0. The van der Waals surface area contributed by atoms with Crippen LogP contribution in [0.5, 0.6) is 0 Å². The molecule has 18 heavy (non-hydrogen) atoms. The van der Waals surface area contributed by atoms with E-state index in [0.29, 0.717) is 12.6 Å². The number of hydrogen-bond donors (Lipinski definition) is 1. The molecular weight excluding hydrogens is 242 g/mol. The van der Waals surface area contributed by atoms with Crippen molar-refractivity contribution in [1.82, 2.24) is 0 Å². The fourth-order valence-electron chi connectivity index (χ4n) is 2.15. The third kappa shape index (κ3) is 2.42. The van der Waals surface area contributed by atoms with Gasteiger partial charge in [-0.2, -0.15) is 4.39 Å². The molecule has 1 fully saturated rings. The lowest BCUT2D eigenvalue weighted by atomic mass is 9.70. The first-order chi connectivity index (χ1) is 8.41. The van der Waals surface area contributed by atoms with Crippen LogP contribution in [0, 0.1) is 27.2 Å². The number of nitro benzene ring substituents is 1. The first kappa shape index (κ1) is 12.7. The molecule has 6 heteroatoms. The molecule has 4 nitrogen and oxygen atoms in total. The van der Waals surface area contributed by atoms with Crippen molar-refractivity contribution in [2.75, 3.05) is 11.9 Å². The number of nitro groups is 1.